The van der Waals surface area contributed by atoms with E-state index in [0.717, 1.165) is 16.3 Å². The molecule has 0 aromatic carbocycles. The molecule has 2 rings (SSSR count). The van der Waals surface area contributed by atoms with Gasteiger partial charge in [-0.1, -0.05) is 43.2 Å². The molecule has 0 amide bonds. The van der Waals surface area contributed by atoms with Crippen LogP contribution < -0.4 is 11.4 Å². The van der Waals surface area contributed by atoms with Crippen LogP contribution in [0.3, 0.4) is 0 Å². The van der Waals surface area contributed by atoms with Crippen LogP contribution in [0.4, 0.5) is 10.2 Å². The molecular formula is C27H45FN3O10PS5. The van der Waals surface area contributed by atoms with Crippen molar-refractivity contribution in [3.8, 4) is 0 Å². The van der Waals surface area contributed by atoms with E-state index in [0.29, 0.717) is 23.0 Å². The molecule has 3 N–H and O–H groups in total. The van der Waals surface area contributed by atoms with Crippen LogP contribution in [0, 0.1) is 10.8 Å². The van der Waals surface area contributed by atoms with Gasteiger partial charge < -0.3 is 20.3 Å². The lowest BCUT2D eigenvalue weighted by Gasteiger charge is -2.21. The summed E-state index contributed by atoms with van der Waals surface area (Å²) in [6, 6.07) is 1.35. The molecule has 20 heteroatoms. The molecule has 4 atom stereocenters. The summed E-state index contributed by atoms with van der Waals surface area (Å²) in [4.78, 5) is 39.6. The van der Waals surface area contributed by atoms with Crippen molar-refractivity contribution in [1.82, 2.24) is 9.55 Å². The minimum atomic E-state index is -4.14. The smallest absolute Gasteiger partial charge is 0.464 e. The summed E-state index contributed by atoms with van der Waals surface area (Å²) in [5, 5.41) is 8.56. The lowest BCUT2D eigenvalue weighted by Crippen LogP contribution is -2.33. The van der Waals surface area contributed by atoms with Gasteiger partial charge in [-0.25, -0.2) is 13.8 Å². The van der Waals surface area contributed by atoms with E-state index < -0.39 is 47.2 Å². The monoisotopic (exact) mass is 781 g/mol. The number of aromatic nitrogens is 2. The molecule has 1 unspecified atom stereocenters. The summed E-state index contributed by atoms with van der Waals surface area (Å²) in [7, 11) is 1.62. The van der Waals surface area contributed by atoms with Crippen molar-refractivity contribution >= 4 is 80.5 Å². The maximum Gasteiger partial charge on any atom is 0.474 e. The molecule has 1 aromatic rings. The Bertz CT molecular complexity index is 1210. The Kier molecular flexibility index (Phi) is 18.4. The van der Waals surface area contributed by atoms with Crippen molar-refractivity contribution < 1.29 is 46.7 Å². The fourth-order valence-corrected chi connectivity index (χ4v) is 9.60. The number of halogens is 1. The standard InChI is InChI=1S/C27H45FN3O10PS5/c1-26(2,3)23(33)37-9-13-43-45-15-11-39-42(36,40-12-16-46-44-14-10-38-24(34)27(4,5)6)41-17-18-21(32)20(28)22(47-18)31-8-7-19(29)30-25(31)35/h7-8,18,20-22,32H,9-17H2,1-6H3,(H2,29,30,35)/t18-,20+,21-,22?/m1/s1. The molecule has 0 bridgehead atoms. The number of anilines is 1. The Balaban J connectivity index is 1.86. The van der Waals surface area contributed by atoms with Gasteiger partial charge in [-0.3, -0.25) is 27.7 Å². The highest BCUT2D eigenvalue weighted by Gasteiger charge is 2.46. The van der Waals surface area contributed by atoms with Gasteiger partial charge in [0, 0.05) is 29.2 Å². The number of hydrogen-bond donors (Lipinski definition) is 2. The van der Waals surface area contributed by atoms with Gasteiger partial charge in [0.25, 0.3) is 0 Å². The quantitative estimate of drug-likeness (QED) is 0.0759. The number of aliphatic hydroxyl groups is 1. The number of nitrogens with two attached hydrogens (primary N) is 1. The first-order valence-electron chi connectivity index (χ1n) is 14.6. The summed E-state index contributed by atoms with van der Waals surface area (Å²) in [6.45, 7) is 10.8. The van der Waals surface area contributed by atoms with Crippen molar-refractivity contribution in [1.29, 1.82) is 0 Å². The molecule has 13 nitrogen and oxygen atoms in total. The van der Waals surface area contributed by atoms with Crippen molar-refractivity contribution in [2.45, 2.75) is 64.4 Å². The van der Waals surface area contributed by atoms with E-state index in [-0.39, 0.29) is 50.8 Å². The number of phosphoric acid groups is 1. The highest BCUT2D eigenvalue weighted by atomic mass is 33.1. The fraction of sp³-hybridized carbons (Fsp3) is 0.778. The number of alkyl halides is 1. The lowest BCUT2D eigenvalue weighted by atomic mass is 9.97. The number of carbonyl (C=O) groups is 2. The van der Waals surface area contributed by atoms with Gasteiger partial charge in [0.1, 0.15) is 30.5 Å². The summed E-state index contributed by atoms with van der Waals surface area (Å²) < 4.78 is 56.7. The third-order valence-corrected chi connectivity index (χ3v) is 13.5. The van der Waals surface area contributed by atoms with E-state index in [9.17, 15) is 24.1 Å². The number of aliphatic hydroxyl groups excluding tert-OH is 1. The van der Waals surface area contributed by atoms with Crippen LogP contribution in [-0.2, 0) is 37.2 Å². The Morgan fingerprint density at radius 2 is 1.40 bits per heavy atom. The predicted molar refractivity (Wildman–Crippen MR) is 190 cm³/mol. The molecule has 0 radical (unpaired) electrons. The normalized spacial score (nSPS) is 20.3. The first-order valence-corrected chi connectivity index (χ1v) is 22.0. The van der Waals surface area contributed by atoms with Crippen LogP contribution in [0.5, 0.6) is 0 Å². The van der Waals surface area contributed by atoms with Gasteiger partial charge in [-0.05, 0) is 47.6 Å². The van der Waals surface area contributed by atoms with Crippen molar-refractivity contribution in [2.75, 3.05) is 61.8 Å². The topological polar surface area (TPSA) is 178 Å². The maximum absolute atomic E-state index is 15.0. The first kappa shape index (κ1) is 42.5. The summed E-state index contributed by atoms with van der Waals surface area (Å²) in [5.41, 5.74) is 3.62. The van der Waals surface area contributed by atoms with Crippen LogP contribution in [-0.4, -0.2) is 100 Å². The van der Waals surface area contributed by atoms with Gasteiger partial charge >= 0.3 is 25.5 Å². The van der Waals surface area contributed by atoms with Crippen LogP contribution in [0.25, 0.3) is 0 Å². The number of hydrogen-bond acceptors (Lipinski definition) is 17. The Morgan fingerprint density at radius 1 is 0.936 bits per heavy atom. The van der Waals surface area contributed by atoms with Crippen LogP contribution >= 0.6 is 62.8 Å². The number of nitrogens with zero attached hydrogens (tertiary/aromatic N) is 2. The van der Waals surface area contributed by atoms with E-state index in [1.807, 2.05) is 0 Å². The van der Waals surface area contributed by atoms with Gasteiger partial charge in [-0.2, -0.15) is 4.98 Å². The lowest BCUT2D eigenvalue weighted by molar-refractivity contribution is -0.152. The number of nitrogen functional groups attached to an aromatic ring is 1. The number of thioether (sulfide) groups is 1. The average Bonchev–Trinajstić information content (AvgIpc) is 3.26. The molecule has 1 aromatic heterocycles. The molecule has 1 fully saturated rings. The SMILES string of the molecule is CC(C)(C)C(=O)OCCSSCCOP(=O)(OCCSSCCOC(=O)C(C)(C)C)OC[C@H]1SC(n2ccc(N)nc2=O)[C@@H](F)[C@@H]1O. The molecule has 1 aliphatic heterocycles. The van der Waals surface area contributed by atoms with Gasteiger partial charge in [0.15, 0.2) is 6.17 Å². The van der Waals surface area contributed by atoms with Crippen molar-refractivity contribution in [3.05, 3.63) is 22.7 Å². The Morgan fingerprint density at radius 3 is 1.85 bits per heavy atom. The average molecular weight is 782 g/mol. The minimum absolute atomic E-state index is 0.00101. The zero-order valence-electron chi connectivity index (χ0n) is 27.3. The second-order valence-electron chi connectivity index (χ2n) is 12.0. The van der Waals surface area contributed by atoms with E-state index in [1.54, 1.807) is 41.5 Å². The third-order valence-electron chi connectivity index (χ3n) is 5.84. The fourth-order valence-electron chi connectivity index (χ4n) is 3.33. The summed E-state index contributed by atoms with van der Waals surface area (Å²) in [5.74, 6) is 1.35. The van der Waals surface area contributed by atoms with E-state index in [1.165, 1.54) is 55.4 Å². The summed E-state index contributed by atoms with van der Waals surface area (Å²) >= 11 is 0.940. The highest BCUT2D eigenvalue weighted by molar-refractivity contribution is 8.77. The molecule has 2 heterocycles. The molecule has 47 heavy (non-hydrogen) atoms. The molecule has 0 saturated carbocycles. The predicted octanol–water partition coefficient (Wildman–Crippen LogP) is 5.24. The van der Waals surface area contributed by atoms with E-state index >= 15 is 4.39 Å². The number of carbonyl (C=O) groups excluding carboxylic acids is 2. The van der Waals surface area contributed by atoms with Gasteiger partial charge in [0.05, 0.1) is 35.9 Å². The highest BCUT2D eigenvalue weighted by Crippen LogP contribution is 2.52. The summed E-state index contributed by atoms with van der Waals surface area (Å²) in [6.07, 6.45) is -2.05. The molecule has 1 saturated heterocycles. The largest absolute Gasteiger partial charge is 0.474 e. The third kappa shape index (κ3) is 15.4. The molecular weight excluding hydrogens is 737 g/mol. The van der Waals surface area contributed by atoms with E-state index in [4.69, 9.17) is 28.8 Å². The molecule has 0 aliphatic carbocycles. The number of esters is 2. The minimum Gasteiger partial charge on any atom is -0.464 e. The zero-order chi connectivity index (χ0) is 35.3. The number of phosphoric ester groups is 1. The molecule has 270 valence electrons. The Hall–Kier alpha value is -0.630. The second kappa shape index (κ2) is 20.3. The number of rotatable bonds is 20. The van der Waals surface area contributed by atoms with Crippen LogP contribution in [0.1, 0.15) is 46.9 Å². The van der Waals surface area contributed by atoms with Crippen LogP contribution in [0.15, 0.2) is 17.1 Å². The van der Waals surface area contributed by atoms with Gasteiger partial charge in [0.2, 0.25) is 0 Å². The molecule has 0 spiro atoms. The van der Waals surface area contributed by atoms with E-state index in [2.05, 4.69) is 4.98 Å². The van der Waals surface area contributed by atoms with Crippen LogP contribution in [0.2, 0.25) is 0 Å². The van der Waals surface area contributed by atoms with Crippen molar-refractivity contribution in [3.63, 3.8) is 0 Å². The first-order chi connectivity index (χ1) is 21.9. The molecule has 1 aliphatic rings. The van der Waals surface area contributed by atoms with Gasteiger partial charge in [-0.15, -0.1) is 11.8 Å². The number of ether oxygens (including phenoxy) is 2. The zero-order valence-corrected chi connectivity index (χ0v) is 32.3. The maximum atomic E-state index is 15.0. The van der Waals surface area contributed by atoms with Crippen molar-refractivity contribution in [2.24, 2.45) is 10.8 Å². The second-order valence-corrected chi connectivity index (χ2v) is 20.4. The Labute approximate surface area is 295 Å².